The Kier molecular flexibility index (Phi) is 3.09. The van der Waals surface area contributed by atoms with Crippen molar-refractivity contribution in [2.45, 2.75) is 32.2 Å². The van der Waals surface area contributed by atoms with E-state index in [0.29, 0.717) is 6.04 Å². The van der Waals surface area contributed by atoms with E-state index in [1.54, 1.807) is 6.07 Å². The van der Waals surface area contributed by atoms with E-state index in [4.69, 9.17) is 0 Å². The molecule has 1 unspecified atom stereocenters. The largest absolute Gasteiger partial charge is 0.383 e. The first kappa shape index (κ1) is 10.3. The highest BCUT2D eigenvalue weighted by atomic mass is 19.1. The second kappa shape index (κ2) is 4.51. The molecule has 0 saturated heterocycles. The van der Waals surface area contributed by atoms with Crippen molar-refractivity contribution in [2.24, 2.45) is 0 Å². The summed E-state index contributed by atoms with van der Waals surface area (Å²) >= 11 is 0. The molecule has 3 heteroatoms. The van der Waals surface area contributed by atoms with E-state index >= 15 is 0 Å². The van der Waals surface area contributed by atoms with Crippen LogP contribution in [0.1, 0.15) is 26.2 Å². The third kappa shape index (κ3) is 2.41. The molecule has 2 rings (SSSR count). The molecule has 0 amide bonds. The fourth-order valence-electron chi connectivity index (χ4n) is 2.03. The zero-order valence-corrected chi connectivity index (χ0v) is 9.02. The van der Waals surface area contributed by atoms with Crippen LogP contribution in [-0.4, -0.2) is 12.6 Å². The third-order valence-electron chi connectivity index (χ3n) is 2.79. The first-order valence-electron chi connectivity index (χ1n) is 5.59. The maximum Gasteiger partial charge on any atom is 0.125 e. The van der Waals surface area contributed by atoms with Crippen molar-refractivity contribution in [3.63, 3.8) is 0 Å². The number of rotatable bonds is 2. The molecule has 0 radical (unpaired) electrons. The minimum absolute atomic E-state index is 0.183. The van der Waals surface area contributed by atoms with Crippen molar-refractivity contribution in [1.29, 1.82) is 0 Å². The van der Waals surface area contributed by atoms with E-state index in [2.05, 4.69) is 17.6 Å². The number of benzene rings is 1. The Morgan fingerprint density at radius 1 is 1.40 bits per heavy atom. The Hall–Kier alpha value is -1.25. The topological polar surface area (TPSA) is 24.1 Å². The Morgan fingerprint density at radius 3 is 3.07 bits per heavy atom. The van der Waals surface area contributed by atoms with E-state index < -0.39 is 0 Å². The fraction of sp³-hybridized carbons (Fsp3) is 0.500. The third-order valence-corrected chi connectivity index (χ3v) is 2.79. The first-order valence-corrected chi connectivity index (χ1v) is 5.59. The van der Waals surface area contributed by atoms with Crippen LogP contribution in [0.4, 0.5) is 15.8 Å². The molecule has 0 fully saturated rings. The quantitative estimate of drug-likeness (QED) is 0.779. The molecule has 0 spiro atoms. The van der Waals surface area contributed by atoms with Crippen molar-refractivity contribution in [3.05, 3.63) is 24.0 Å². The summed E-state index contributed by atoms with van der Waals surface area (Å²) in [5.74, 6) is -0.183. The molecule has 0 aliphatic carbocycles. The molecule has 0 bridgehead atoms. The molecule has 15 heavy (non-hydrogen) atoms. The summed E-state index contributed by atoms with van der Waals surface area (Å²) in [4.78, 5) is 0. The van der Waals surface area contributed by atoms with Gasteiger partial charge >= 0.3 is 0 Å². The van der Waals surface area contributed by atoms with E-state index in [0.717, 1.165) is 24.3 Å². The zero-order chi connectivity index (χ0) is 10.7. The lowest BCUT2D eigenvalue weighted by Gasteiger charge is -2.16. The van der Waals surface area contributed by atoms with Crippen LogP contribution in [0.15, 0.2) is 18.2 Å². The molecule has 0 saturated carbocycles. The van der Waals surface area contributed by atoms with Gasteiger partial charge in [0.2, 0.25) is 0 Å². The van der Waals surface area contributed by atoms with Crippen LogP contribution < -0.4 is 10.6 Å². The van der Waals surface area contributed by atoms with Crippen molar-refractivity contribution >= 4 is 11.4 Å². The van der Waals surface area contributed by atoms with Crippen LogP contribution in [0.25, 0.3) is 0 Å². The van der Waals surface area contributed by atoms with Crippen LogP contribution in [0, 0.1) is 5.82 Å². The Labute approximate surface area is 89.9 Å². The normalized spacial score (nSPS) is 19.7. The van der Waals surface area contributed by atoms with Gasteiger partial charge < -0.3 is 10.6 Å². The lowest BCUT2D eigenvalue weighted by atomic mass is 10.1. The first-order chi connectivity index (χ1) is 7.29. The summed E-state index contributed by atoms with van der Waals surface area (Å²) in [7, 11) is 0. The van der Waals surface area contributed by atoms with Gasteiger partial charge in [-0.05, 0) is 31.0 Å². The number of hydrogen-bond acceptors (Lipinski definition) is 2. The molecular weight excluding hydrogens is 191 g/mol. The minimum Gasteiger partial charge on any atom is -0.383 e. The molecular formula is C12H17FN2. The Morgan fingerprint density at radius 2 is 2.27 bits per heavy atom. The van der Waals surface area contributed by atoms with Gasteiger partial charge in [-0.25, -0.2) is 4.39 Å². The molecule has 1 aliphatic rings. The minimum atomic E-state index is -0.183. The fourth-order valence-corrected chi connectivity index (χ4v) is 2.03. The number of anilines is 2. The van der Waals surface area contributed by atoms with Gasteiger partial charge in [-0.15, -0.1) is 0 Å². The Bertz CT molecular complexity index is 338. The van der Waals surface area contributed by atoms with Gasteiger partial charge in [0.15, 0.2) is 0 Å². The molecule has 1 atom stereocenters. The summed E-state index contributed by atoms with van der Waals surface area (Å²) in [5.41, 5.74) is 1.90. The summed E-state index contributed by atoms with van der Waals surface area (Å²) in [6.07, 6.45) is 3.43. The molecule has 2 N–H and O–H groups in total. The van der Waals surface area contributed by atoms with Crippen molar-refractivity contribution in [1.82, 2.24) is 0 Å². The van der Waals surface area contributed by atoms with E-state index in [-0.39, 0.29) is 5.82 Å². The summed E-state index contributed by atoms with van der Waals surface area (Å²) < 4.78 is 13.0. The monoisotopic (exact) mass is 208 g/mol. The number of fused-ring (bicyclic) bond motifs is 1. The number of hydrogen-bond donors (Lipinski definition) is 2. The molecule has 0 aromatic heterocycles. The Balaban J connectivity index is 2.18. The standard InChI is InChI=1S/C12H17FN2/c1-2-3-10-6-7-14-12-8-9(13)4-5-11(12)15-10/h4-5,8,10,14-15H,2-3,6-7H2,1H3. The van der Waals surface area contributed by atoms with Crippen molar-refractivity contribution < 1.29 is 4.39 Å². The lowest BCUT2D eigenvalue weighted by Crippen LogP contribution is -2.19. The van der Waals surface area contributed by atoms with Gasteiger partial charge in [-0.3, -0.25) is 0 Å². The van der Waals surface area contributed by atoms with Gasteiger partial charge in [-0.2, -0.15) is 0 Å². The van der Waals surface area contributed by atoms with Gasteiger partial charge in [0, 0.05) is 12.6 Å². The summed E-state index contributed by atoms with van der Waals surface area (Å²) in [5, 5.41) is 6.71. The van der Waals surface area contributed by atoms with Crippen LogP contribution >= 0.6 is 0 Å². The van der Waals surface area contributed by atoms with E-state index in [1.807, 2.05) is 6.07 Å². The summed E-state index contributed by atoms with van der Waals surface area (Å²) in [6.45, 7) is 3.10. The maximum atomic E-state index is 13.0. The van der Waals surface area contributed by atoms with Gasteiger partial charge in [0.05, 0.1) is 11.4 Å². The lowest BCUT2D eigenvalue weighted by molar-refractivity contribution is 0.615. The maximum absolute atomic E-state index is 13.0. The van der Waals surface area contributed by atoms with Gasteiger partial charge in [0.25, 0.3) is 0 Å². The van der Waals surface area contributed by atoms with Crippen molar-refractivity contribution in [3.8, 4) is 0 Å². The van der Waals surface area contributed by atoms with Gasteiger partial charge in [-0.1, -0.05) is 13.3 Å². The van der Waals surface area contributed by atoms with E-state index in [9.17, 15) is 4.39 Å². The molecule has 1 aromatic carbocycles. The number of nitrogens with one attached hydrogen (secondary N) is 2. The van der Waals surface area contributed by atoms with E-state index in [1.165, 1.54) is 18.9 Å². The molecule has 1 heterocycles. The highest BCUT2D eigenvalue weighted by molar-refractivity contribution is 5.69. The summed E-state index contributed by atoms with van der Waals surface area (Å²) in [6, 6.07) is 5.37. The molecule has 1 aromatic rings. The average molecular weight is 208 g/mol. The highest BCUT2D eigenvalue weighted by Crippen LogP contribution is 2.27. The van der Waals surface area contributed by atoms with Crippen LogP contribution in [0.3, 0.4) is 0 Å². The van der Waals surface area contributed by atoms with Crippen molar-refractivity contribution in [2.75, 3.05) is 17.2 Å². The number of halogens is 1. The van der Waals surface area contributed by atoms with Crippen LogP contribution in [-0.2, 0) is 0 Å². The smallest absolute Gasteiger partial charge is 0.125 e. The second-order valence-corrected chi connectivity index (χ2v) is 4.04. The second-order valence-electron chi connectivity index (χ2n) is 4.04. The zero-order valence-electron chi connectivity index (χ0n) is 9.02. The molecule has 1 aliphatic heterocycles. The molecule has 82 valence electrons. The van der Waals surface area contributed by atoms with Gasteiger partial charge in [0.1, 0.15) is 5.82 Å². The van der Waals surface area contributed by atoms with Crippen LogP contribution in [0.5, 0.6) is 0 Å². The predicted octanol–water partition coefficient (Wildman–Crippen LogP) is 3.22. The average Bonchev–Trinajstić information content (AvgIpc) is 2.40. The van der Waals surface area contributed by atoms with Crippen LogP contribution in [0.2, 0.25) is 0 Å². The molecule has 2 nitrogen and oxygen atoms in total. The predicted molar refractivity (Wildman–Crippen MR) is 61.8 cm³/mol. The SMILES string of the molecule is CCCC1CCNc2cc(F)ccc2N1. The highest BCUT2D eigenvalue weighted by Gasteiger charge is 2.14.